The summed E-state index contributed by atoms with van der Waals surface area (Å²) in [6, 6.07) is 2.83. The summed E-state index contributed by atoms with van der Waals surface area (Å²) in [5.41, 5.74) is 4.82. The average molecular weight is 619 g/mol. The van der Waals surface area contributed by atoms with E-state index in [1.807, 2.05) is 20.9 Å². The Kier molecular flexibility index (Phi) is 8.31. The van der Waals surface area contributed by atoms with Gasteiger partial charge < -0.3 is 29.4 Å². The number of rotatable bonds is 8. The number of methoxy groups -OCH3 is 1. The minimum atomic E-state index is -0.541. The number of hydrogen-bond acceptors (Lipinski definition) is 10. The zero-order valence-corrected chi connectivity index (χ0v) is 26.9. The van der Waals surface area contributed by atoms with E-state index in [2.05, 4.69) is 34.2 Å². The predicted octanol–water partition coefficient (Wildman–Crippen LogP) is 4.14. The van der Waals surface area contributed by atoms with Crippen LogP contribution in [0.1, 0.15) is 85.0 Å². The fourth-order valence-corrected chi connectivity index (χ4v) is 8.15. The van der Waals surface area contributed by atoms with Gasteiger partial charge in [-0.15, -0.1) is 0 Å². The number of ether oxygens (including phenoxy) is 4. The molecule has 5 atom stereocenters. The van der Waals surface area contributed by atoms with Crippen LogP contribution in [0, 0.1) is 25.2 Å². The Morgan fingerprint density at radius 3 is 2.58 bits per heavy atom. The van der Waals surface area contributed by atoms with Crippen LogP contribution in [0.15, 0.2) is 6.07 Å². The molecular formula is C34H42N4O7. The molecular weight excluding hydrogens is 576 g/mol. The van der Waals surface area contributed by atoms with Gasteiger partial charge >= 0.3 is 5.97 Å². The average Bonchev–Trinajstić information content (AvgIpc) is 3.49. The van der Waals surface area contributed by atoms with Crippen molar-refractivity contribution in [2.24, 2.45) is 0 Å². The van der Waals surface area contributed by atoms with Crippen molar-refractivity contribution in [3.05, 3.63) is 39.4 Å². The first kappa shape index (κ1) is 31.0. The lowest BCUT2D eigenvalue weighted by Gasteiger charge is -2.60. The lowest BCUT2D eigenvalue weighted by Crippen LogP contribution is -2.68. The second kappa shape index (κ2) is 12.1. The number of phenolic OH excluding ortho intramolecular Hbond substituents is 1. The summed E-state index contributed by atoms with van der Waals surface area (Å²) in [4.78, 5) is 29.9. The Hall–Kier alpha value is -4.01. The van der Waals surface area contributed by atoms with Gasteiger partial charge in [-0.25, -0.2) is 0 Å². The second-order valence-corrected chi connectivity index (χ2v) is 12.6. The summed E-state index contributed by atoms with van der Waals surface area (Å²) in [5.74, 6) is 1.50. The number of nitrogens with one attached hydrogen (secondary N) is 1. The number of aromatic hydroxyl groups is 1. The second-order valence-electron chi connectivity index (χ2n) is 12.6. The van der Waals surface area contributed by atoms with Crippen LogP contribution < -0.4 is 24.3 Å². The third kappa shape index (κ3) is 4.95. The van der Waals surface area contributed by atoms with Gasteiger partial charge in [0, 0.05) is 54.2 Å². The van der Waals surface area contributed by atoms with Crippen molar-refractivity contribution in [3.8, 4) is 34.8 Å². The van der Waals surface area contributed by atoms with Crippen LogP contribution >= 0.6 is 0 Å². The summed E-state index contributed by atoms with van der Waals surface area (Å²) in [5, 5.41) is 25.6. The van der Waals surface area contributed by atoms with Crippen molar-refractivity contribution in [2.45, 2.75) is 96.4 Å². The molecule has 2 bridgehead atoms. The molecule has 1 fully saturated rings. The van der Waals surface area contributed by atoms with Gasteiger partial charge in [-0.1, -0.05) is 25.8 Å². The third-order valence-corrected chi connectivity index (χ3v) is 10.0. The Morgan fingerprint density at radius 1 is 1.13 bits per heavy atom. The lowest BCUT2D eigenvalue weighted by molar-refractivity contribution is -0.132. The molecule has 45 heavy (non-hydrogen) atoms. The van der Waals surface area contributed by atoms with Crippen LogP contribution in [0.25, 0.3) is 0 Å². The molecule has 6 rings (SSSR count). The maximum atomic E-state index is 13.1. The molecule has 4 aliphatic heterocycles. The van der Waals surface area contributed by atoms with E-state index in [0.717, 1.165) is 47.1 Å². The van der Waals surface area contributed by atoms with Crippen LogP contribution in [-0.2, 0) is 22.4 Å². The van der Waals surface area contributed by atoms with E-state index >= 15 is 0 Å². The van der Waals surface area contributed by atoms with E-state index in [1.165, 1.54) is 6.92 Å². The molecule has 11 heteroatoms. The van der Waals surface area contributed by atoms with Crippen LogP contribution in [0.4, 0.5) is 0 Å². The van der Waals surface area contributed by atoms with E-state index in [-0.39, 0.29) is 43.1 Å². The number of fused-ring (bicyclic) bond motifs is 9. The van der Waals surface area contributed by atoms with E-state index in [1.54, 1.807) is 7.11 Å². The van der Waals surface area contributed by atoms with E-state index in [0.29, 0.717) is 47.8 Å². The maximum Gasteiger partial charge on any atom is 0.308 e. The molecule has 1 unspecified atom stereocenters. The maximum absolute atomic E-state index is 13.1. The zero-order chi connectivity index (χ0) is 32.2. The summed E-state index contributed by atoms with van der Waals surface area (Å²) in [7, 11) is 3.55. The monoisotopic (exact) mass is 618 g/mol. The Morgan fingerprint density at radius 2 is 1.89 bits per heavy atom. The summed E-state index contributed by atoms with van der Waals surface area (Å²) >= 11 is 0. The van der Waals surface area contributed by atoms with Crippen molar-refractivity contribution < 1.29 is 33.6 Å². The van der Waals surface area contributed by atoms with E-state index < -0.39 is 18.1 Å². The number of aryl methyl sites for hydroxylation is 1. The smallest absolute Gasteiger partial charge is 0.308 e. The molecule has 1 saturated heterocycles. The number of hydrogen-bond donors (Lipinski definition) is 2. The predicted molar refractivity (Wildman–Crippen MR) is 165 cm³/mol. The Bertz CT molecular complexity index is 1580. The normalized spacial score (nSPS) is 24.6. The largest absolute Gasteiger partial charge is 0.504 e. The fraction of sp³-hybridized carbons (Fsp3) is 0.559. The van der Waals surface area contributed by atoms with E-state index in [9.17, 15) is 20.0 Å². The molecule has 0 aliphatic carbocycles. The minimum absolute atomic E-state index is 0.0156. The molecule has 2 aromatic carbocycles. The Balaban J connectivity index is 1.55. The molecule has 4 heterocycles. The molecule has 240 valence electrons. The van der Waals surface area contributed by atoms with Gasteiger partial charge in [-0.3, -0.25) is 19.4 Å². The van der Waals surface area contributed by atoms with E-state index in [4.69, 9.17) is 18.9 Å². The topological polar surface area (TPSA) is 134 Å². The van der Waals surface area contributed by atoms with Crippen molar-refractivity contribution in [1.82, 2.24) is 15.1 Å². The number of esters is 1. The molecule has 0 saturated carbocycles. The van der Waals surface area contributed by atoms with Crippen molar-refractivity contribution in [2.75, 3.05) is 27.5 Å². The minimum Gasteiger partial charge on any atom is -0.504 e. The van der Waals surface area contributed by atoms with Crippen molar-refractivity contribution in [3.63, 3.8) is 0 Å². The van der Waals surface area contributed by atoms with Gasteiger partial charge in [0.25, 0.3) is 0 Å². The standard InChI is InChI=1S/C34H42N4O7/c1-7-8-9-10-26(40)36-15-25-28-21(32(45-19(4)39)18(3)33-34(28)44-16-43-33)13-23-29-27-20(11-17(2)31(42-6)30(27)41)12-22(37(29)5)24(14-35)38(23)25/h11,22-25,29,41H,7-10,12-13,15-16H2,1-6H3,(H,36,40)/t22-,23?,24-,25-,29-/m0/s1. The molecule has 0 radical (unpaired) electrons. The SMILES string of the molecule is CCCCCC(=O)NC[C@H]1c2c(c(OC(C)=O)c(C)c3c2OCO3)CC2[C@H]3c4c(cc(C)c(OC)c4O)C[C@@H]([C@H](C#N)N21)N3C. The van der Waals surface area contributed by atoms with Crippen LogP contribution in [0.5, 0.6) is 28.7 Å². The third-order valence-electron chi connectivity index (χ3n) is 10.0. The molecule has 1 amide bonds. The first-order valence-electron chi connectivity index (χ1n) is 15.8. The number of likely N-dealkylation sites (N-methyl/N-ethyl adjacent to an activating group) is 1. The summed E-state index contributed by atoms with van der Waals surface area (Å²) in [6.07, 6.45) is 4.16. The molecule has 2 aromatic rings. The van der Waals surface area contributed by atoms with Gasteiger partial charge in [0.2, 0.25) is 12.7 Å². The molecule has 11 nitrogen and oxygen atoms in total. The van der Waals surface area contributed by atoms with Gasteiger partial charge in [0.1, 0.15) is 11.8 Å². The number of nitrogens with zero attached hydrogens (tertiary/aromatic N) is 3. The number of benzene rings is 2. The first-order chi connectivity index (χ1) is 21.6. The zero-order valence-electron chi connectivity index (χ0n) is 26.9. The Labute approximate surface area is 264 Å². The molecule has 0 aromatic heterocycles. The van der Waals surface area contributed by atoms with Crippen LogP contribution in [0.3, 0.4) is 0 Å². The van der Waals surface area contributed by atoms with Crippen molar-refractivity contribution in [1.29, 1.82) is 5.26 Å². The number of nitriles is 1. The van der Waals surface area contributed by atoms with Gasteiger partial charge in [-0.2, -0.15) is 5.26 Å². The van der Waals surface area contributed by atoms with Gasteiger partial charge in [0.15, 0.2) is 23.0 Å². The quantitative estimate of drug-likeness (QED) is 0.253. The highest BCUT2D eigenvalue weighted by atomic mass is 16.7. The number of carbonyl (C=O) groups is 2. The van der Waals surface area contributed by atoms with Crippen molar-refractivity contribution >= 4 is 11.9 Å². The highest BCUT2D eigenvalue weighted by Crippen LogP contribution is 2.58. The fourth-order valence-electron chi connectivity index (χ4n) is 8.15. The van der Waals surface area contributed by atoms with Crippen LogP contribution in [0.2, 0.25) is 0 Å². The number of carbonyl (C=O) groups excluding carboxylic acids is 2. The molecule has 2 N–H and O–H groups in total. The van der Waals surface area contributed by atoms with Crippen LogP contribution in [-0.4, -0.2) is 72.4 Å². The molecule has 0 spiro atoms. The number of piperazine rings is 1. The first-order valence-corrected chi connectivity index (χ1v) is 15.8. The molecule has 4 aliphatic rings. The summed E-state index contributed by atoms with van der Waals surface area (Å²) < 4.78 is 23.5. The number of unbranched alkanes of at least 4 members (excludes halogenated alkanes) is 2. The number of phenols is 1. The lowest BCUT2D eigenvalue weighted by atomic mass is 9.71. The van der Waals surface area contributed by atoms with Gasteiger partial charge in [-0.05, 0) is 51.3 Å². The van der Waals surface area contributed by atoms with Gasteiger partial charge in [0.05, 0.1) is 25.3 Å². The summed E-state index contributed by atoms with van der Waals surface area (Å²) in [6.45, 7) is 7.47. The highest BCUT2D eigenvalue weighted by molar-refractivity contribution is 5.76. The highest BCUT2D eigenvalue weighted by Gasteiger charge is 2.56. The number of amides is 1.